The molecule has 2 nitrogen and oxygen atoms in total. The third kappa shape index (κ3) is 3.33. The van der Waals surface area contributed by atoms with Crippen LogP contribution in [-0.2, 0) is 0 Å². The van der Waals surface area contributed by atoms with Gasteiger partial charge in [0, 0.05) is 17.4 Å². The van der Waals surface area contributed by atoms with Crippen molar-refractivity contribution < 1.29 is 9.90 Å². The van der Waals surface area contributed by atoms with Crippen LogP contribution in [0.5, 0.6) is 0 Å². The van der Waals surface area contributed by atoms with Crippen molar-refractivity contribution in [1.29, 1.82) is 0 Å². The Hall–Kier alpha value is -1.67. The molecule has 1 N–H and O–H groups in total. The number of Topliss-reactive ketones (excluding diaryl/α,β-unsaturated/α-hetero) is 1. The summed E-state index contributed by atoms with van der Waals surface area (Å²) >= 11 is 0. The highest BCUT2D eigenvalue weighted by molar-refractivity contribution is 5.98. The summed E-state index contributed by atoms with van der Waals surface area (Å²) in [6.45, 7) is 7.91. The van der Waals surface area contributed by atoms with E-state index in [2.05, 4.69) is 13.8 Å². The van der Waals surface area contributed by atoms with Crippen molar-refractivity contribution in [1.82, 2.24) is 0 Å². The Balaban J connectivity index is 2.19. The Morgan fingerprint density at radius 1 is 1.14 bits per heavy atom. The predicted molar refractivity (Wildman–Crippen MR) is 86.4 cm³/mol. The Morgan fingerprint density at radius 2 is 1.76 bits per heavy atom. The lowest BCUT2D eigenvalue weighted by atomic mass is 9.74. The maximum atomic E-state index is 12.6. The Labute approximate surface area is 127 Å². The molecule has 1 aliphatic rings. The molecular formula is C19H24O2. The van der Waals surface area contributed by atoms with Crippen molar-refractivity contribution in [3.05, 3.63) is 59.7 Å². The summed E-state index contributed by atoms with van der Waals surface area (Å²) in [4.78, 5) is 12.6. The van der Waals surface area contributed by atoms with Crippen molar-refractivity contribution in [3.63, 3.8) is 0 Å². The van der Waals surface area contributed by atoms with Gasteiger partial charge in [0.1, 0.15) is 0 Å². The van der Waals surface area contributed by atoms with Crippen LogP contribution in [-0.4, -0.2) is 16.5 Å². The van der Waals surface area contributed by atoms with E-state index in [-0.39, 0.29) is 17.6 Å². The van der Waals surface area contributed by atoms with E-state index in [1.165, 1.54) is 5.56 Å². The number of ketones is 1. The van der Waals surface area contributed by atoms with E-state index in [0.717, 1.165) is 0 Å². The van der Waals surface area contributed by atoms with Crippen LogP contribution >= 0.6 is 0 Å². The number of allylic oxidation sites excluding steroid dienone is 2. The fraction of sp³-hybridized carbons (Fsp3) is 0.421. The third-order valence-electron chi connectivity index (χ3n) is 4.35. The van der Waals surface area contributed by atoms with Crippen LogP contribution in [0.15, 0.2) is 48.6 Å². The quantitative estimate of drug-likeness (QED) is 0.844. The zero-order chi connectivity index (χ0) is 15.6. The second-order valence-electron chi connectivity index (χ2n) is 6.43. The minimum absolute atomic E-state index is 0.0792. The molecule has 1 aromatic carbocycles. The van der Waals surface area contributed by atoms with Gasteiger partial charge in [-0.15, -0.1) is 0 Å². The van der Waals surface area contributed by atoms with Gasteiger partial charge in [0.05, 0.1) is 5.60 Å². The Morgan fingerprint density at radius 3 is 2.29 bits per heavy atom. The van der Waals surface area contributed by atoms with E-state index >= 15 is 0 Å². The van der Waals surface area contributed by atoms with Gasteiger partial charge in [0.25, 0.3) is 0 Å². The normalized spacial score (nSPS) is 26.1. The molecule has 112 valence electrons. The minimum Gasteiger partial charge on any atom is -0.385 e. The molecule has 0 aromatic heterocycles. The van der Waals surface area contributed by atoms with Gasteiger partial charge in [-0.3, -0.25) is 4.79 Å². The fourth-order valence-corrected chi connectivity index (χ4v) is 2.87. The summed E-state index contributed by atoms with van der Waals surface area (Å²) < 4.78 is 0. The maximum Gasteiger partial charge on any atom is 0.166 e. The van der Waals surface area contributed by atoms with Crippen molar-refractivity contribution in [2.24, 2.45) is 11.8 Å². The summed E-state index contributed by atoms with van der Waals surface area (Å²) in [5.41, 5.74) is 0.971. The first-order valence-electron chi connectivity index (χ1n) is 7.55. The van der Waals surface area contributed by atoms with E-state index in [0.29, 0.717) is 11.5 Å². The van der Waals surface area contributed by atoms with E-state index in [9.17, 15) is 9.90 Å². The lowest BCUT2D eigenvalue weighted by Gasteiger charge is -2.33. The smallest absolute Gasteiger partial charge is 0.166 e. The molecule has 1 aromatic rings. The Kier molecular flexibility index (Phi) is 4.48. The van der Waals surface area contributed by atoms with Crippen LogP contribution in [0.25, 0.3) is 0 Å². The molecule has 0 spiro atoms. The van der Waals surface area contributed by atoms with Gasteiger partial charge in [-0.1, -0.05) is 69.3 Å². The SMILES string of the molecule is CC(C)c1ccc(C(=O)C(C)C2C=CC=CC2(C)O)cc1. The standard InChI is InChI=1S/C19H24O2/c1-13(2)15-8-10-16(11-9-15)18(20)14(3)17-7-5-6-12-19(17,4)21/h5-14,17,21H,1-4H3. The fourth-order valence-electron chi connectivity index (χ4n) is 2.87. The molecular weight excluding hydrogens is 260 g/mol. The molecule has 0 fully saturated rings. The molecule has 0 aliphatic heterocycles. The van der Waals surface area contributed by atoms with Gasteiger partial charge in [0.2, 0.25) is 0 Å². The molecule has 3 unspecified atom stereocenters. The van der Waals surface area contributed by atoms with Crippen LogP contribution in [0.2, 0.25) is 0 Å². The average molecular weight is 284 g/mol. The zero-order valence-corrected chi connectivity index (χ0v) is 13.2. The summed E-state index contributed by atoms with van der Waals surface area (Å²) in [6.07, 6.45) is 7.40. The third-order valence-corrected chi connectivity index (χ3v) is 4.35. The van der Waals surface area contributed by atoms with Crippen molar-refractivity contribution in [2.75, 3.05) is 0 Å². The first kappa shape index (κ1) is 15.7. The molecule has 0 heterocycles. The average Bonchev–Trinajstić information content (AvgIpc) is 2.45. The second kappa shape index (κ2) is 5.98. The largest absolute Gasteiger partial charge is 0.385 e. The summed E-state index contributed by atoms with van der Waals surface area (Å²) in [6, 6.07) is 7.81. The van der Waals surface area contributed by atoms with Crippen LogP contribution in [0, 0.1) is 11.8 Å². The highest BCUT2D eigenvalue weighted by Gasteiger charge is 2.36. The van der Waals surface area contributed by atoms with Crippen LogP contribution in [0.1, 0.15) is 49.5 Å². The summed E-state index contributed by atoms with van der Waals surface area (Å²) in [7, 11) is 0. The predicted octanol–water partition coefficient (Wildman–Crippen LogP) is 4.12. The highest BCUT2D eigenvalue weighted by Crippen LogP contribution is 2.32. The number of carbonyl (C=O) groups excluding carboxylic acids is 1. The summed E-state index contributed by atoms with van der Waals surface area (Å²) in [5, 5.41) is 10.4. The number of aliphatic hydroxyl groups is 1. The van der Waals surface area contributed by atoms with Gasteiger partial charge >= 0.3 is 0 Å². The van der Waals surface area contributed by atoms with Gasteiger partial charge in [-0.25, -0.2) is 0 Å². The molecule has 1 aliphatic carbocycles. The second-order valence-corrected chi connectivity index (χ2v) is 6.43. The van der Waals surface area contributed by atoms with Gasteiger partial charge in [-0.2, -0.15) is 0 Å². The number of carbonyl (C=O) groups is 1. The molecule has 2 heteroatoms. The summed E-state index contributed by atoms with van der Waals surface area (Å²) in [5.74, 6) is 0.0835. The van der Waals surface area contributed by atoms with Crippen molar-refractivity contribution in [2.45, 2.75) is 39.2 Å². The number of rotatable bonds is 4. The van der Waals surface area contributed by atoms with Gasteiger partial charge in [0.15, 0.2) is 5.78 Å². The molecule has 0 saturated carbocycles. The van der Waals surface area contributed by atoms with Gasteiger partial charge < -0.3 is 5.11 Å². The van der Waals surface area contributed by atoms with Crippen LogP contribution < -0.4 is 0 Å². The molecule has 0 bridgehead atoms. The van der Waals surface area contributed by atoms with E-state index in [1.807, 2.05) is 49.4 Å². The lowest BCUT2D eigenvalue weighted by molar-refractivity contribution is 0.0384. The topological polar surface area (TPSA) is 37.3 Å². The maximum absolute atomic E-state index is 12.6. The Bertz CT molecular complexity index is 562. The molecule has 0 saturated heterocycles. The van der Waals surface area contributed by atoms with Crippen LogP contribution in [0.3, 0.4) is 0 Å². The van der Waals surface area contributed by atoms with Crippen molar-refractivity contribution >= 4 is 5.78 Å². The molecule has 3 atom stereocenters. The molecule has 21 heavy (non-hydrogen) atoms. The zero-order valence-electron chi connectivity index (χ0n) is 13.2. The molecule has 2 rings (SSSR count). The van der Waals surface area contributed by atoms with E-state index in [4.69, 9.17) is 0 Å². The monoisotopic (exact) mass is 284 g/mol. The number of hydrogen-bond donors (Lipinski definition) is 1. The highest BCUT2D eigenvalue weighted by atomic mass is 16.3. The molecule has 0 amide bonds. The molecule has 0 radical (unpaired) electrons. The lowest BCUT2D eigenvalue weighted by Crippen LogP contribution is -2.39. The van der Waals surface area contributed by atoms with Crippen molar-refractivity contribution in [3.8, 4) is 0 Å². The van der Waals surface area contributed by atoms with Gasteiger partial charge in [-0.05, 0) is 18.4 Å². The first-order chi connectivity index (χ1) is 9.83. The minimum atomic E-state index is -0.971. The van der Waals surface area contributed by atoms with E-state index < -0.39 is 5.60 Å². The number of hydrogen-bond acceptors (Lipinski definition) is 2. The van der Waals surface area contributed by atoms with E-state index in [1.54, 1.807) is 13.0 Å². The van der Waals surface area contributed by atoms with Crippen LogP contribution in [0.4, 0.5) is 0 Å². The number of benzene rings is 1. The first-order valence-corrected chi connectivity index (χ1v) is 7.55.